The Labute approximate surface area is 351 Å². The van der Waals surface area contributed by atoms with Crippen LogP contribution in [-0.2, 0) is 0 Å². The van der Waals surface area contributed by atoms with Crippen molar-refractivity contribution in [1.29, 1.82) is 0 Å². The van der Waals surface area contributed by atoms with Gasteiger partial charge in [0.25, 0.3) is 0 Å². The van der Waals surface area contributed by atoms with Gasteiger partial charge >= 0.3 is 0 Å². The highest BCUT2D eigenvalue weighted by Crippen LogP contribution is 2.40. The Morgan fingerprint density at radius 2 is 0.350 bits per heavy atom. The molecule has 0 bridgehead atoms. The fraction of sp³-hybridized carbons (Fsp3) is 0. The third kappa shape index (κ3) is 6.65. The lowest BCUT2D eigenvalue weighted by Crippen LogP contribution is -1.89. The van der Waals surface area contributed by atoms with E-state index < -0.39 is 0 Å². The predicted molar refractivity (Wildman–Crippen MR) is 257 cm³/mol. The largest absolute Gasteiger partial charge is 0.0622 e. The van der Waals surface area contributed by atoms with Crippen LogP contribution in [0, 0.1) is 0 Å². The average molecular weight is 761 g/mol. The number of hydrogen-bond donors (Lipinski definition) is 0. The van der Waals surface area contributed by atoms with Crippen molar-refractivity contribution in [3.63, 3.8) is 0 Å². The van der Waals surface area contributed by atoms with E-state index in [1.165, 1.54) is 110 Å². The minimum atomic E-state index is 1.19. The van der Waals surface area contributed by atoms with Gasteiger partial charge in [-0.15, -0.1) is 0 Å². The van der Waals surface area contributed by atoms with Crippen LogP contribution in [0.25, 0.3) is 110 Å². The van der Waals surface area contributed by atoms with Gasteiger partial charge in [0.2, 0.25) is 0 Å². The van der Waals surface area contributed by atoms with E-state index in [-0.39, 0.29) is 0 Å². The Morgan fingerprint density at radius 1 is 0.117 bits per heavy atom. The van der Waals surface area contributed by atoms with Crippen molar-refractivity contribution in [3.8, 4) is 77.9 Å². The van der Waals surface area contributed by atoms with E-state index in [4.69, 9.17) is 0 Å². The molecule has 60 heavy (non-hydrogen) atoms. The first-order valence-corrected chi connectivity index (χ1v) is 20.7. The highest BCUT2D eigenvalue weighted by atomic mass is 14.2. The van der Waals surface area contributed by atoms with E-state index in [1.54, 1.807) is 0 Å². The second kappa shape index (κ2) is 15.2. The molecule has 0 nitrogen and oxygen atoms in total. The number of benzene rings is 11. The maximum absolute atomic E-state index is 2.41. The second-order valence-corrected chi connectivity index (χ2v) is 15.7. The quantitative estimate of drug-likeness (QED) is 0.142. The van der Waals surface area contributed by atoms with Gasteiger partial charge in [-0.25, -0.2) is 0 Å². The summed E-state index contributed by atoms with van der Waals surface area (Å²) >= 11 is 0. The maximum Gasteiger partial charge on any atom is -0.00928 e. The third-order valence-corrected chi connectivity index (χ3v) is 12.1. The van der Waals surface area contributed by atoms with Crippen LogP contribution in [0.2, 0.25) is 0 Å². The lowest BCUT2D eigenvalue weighted by atomic mass is 9.89. The standard InChI is InChI=1S/C60H40/c1-3-13-41(14-4-1)43-25-29-45(30-26-43)47-17-11-19-49(35-47)52-37-53(50-20-12-18-48(36-50)46-31-27-44(28-32-46)42-15-5-2-6-16-42)39-54(38-52)51-33-34-59-57-23-8-7-21-55(57)56-22-9-10-24-58(56)60(59)40-51/h1-40H. The zero-order valence-corrected chi connectivity index (χ0v) is 33.1. The van der Waals surface area contributed by atoms with Crippen molar-refractivity contribution in [2.24, 2.45) is 0 Å². The summed E-state index contributed by atoms with van der Waals surface area (Å²) in [6.07, 6.45) is 0. The minimum Gasteiger partial charge on any atom is -0.0622 e. The number of rotatable bonds is 7. The Morgan fingerprint density at radius 3 is 0.750 bits per heavy atom. The summed E-state index contributed by atoms with van der Waals surface area (Å²) in [6, 6.07) is 88.8. The van der Waals surface area contributed by atoms with Crippen molar-refractivity contribution >= 4 is 32.3 Å². The molecule has 0 atom stereocenters. The van der Waals surface area contributed by atoms with Crippen LogP contribution >= 0.6 is 0 Å². The molecule has 11 rings (SSSR count). The van der Waals surface area contributed by atoms with Gasteiger partial charge in [0.15, 0.2) is 0 Å². The van der Waals surface area contributed by atoms with E-state index in [2.05, 4.69) is 243 Å². The lowest BCUT2D eigenvalue weighted by molar-refractivity contribution is 1.55. The fourth-order valence-electron chi connectivity index (χ4n) is 8.94. The van der Waals surface area contributed by atoms with Crippen molar-refractivity contribution < 1.29 is 0 Å². The SMILES string of the molecule is c1ccc(-c2ccc(-c3cccc(-c4cc(-c5cccc(-c6ccc(-c7ccccc7)cc6)c5)cc(-c5ccc6c7ccccc7c7ccccc7c6c5)c4)c3)cc2)cc1. The van der Waals surface area contributed by atoms with Gasteiger partial charge in [0.05, 0.1) is 0 Å². The summed E-state index contributed by atoms with van der Waals surface area (Å²) in [5.41, 5.74) is 16.8. The molecular formula is C60H40. The molecule has 0 unspecified atom stereocenters. The smallest absolute Gasteiger partial charge is 0.00928 e. The number of fused-ring (bicyclic) bond motifs is 6. The highest BCUT2D eigenvalue weighted by Gasteiger charge is 2.13. The summed E-state index contributed by atoms with van der Waals surface area (Å²) in [5.74, 6) is 0. The van der Waals surface area contributed by atoms with Gasteiger partial charge in [0, 0.05) is 0 Å². The zero-order valence-electron chi connectivity index (χ0n) is 33.1. The molecule has 0 radical (unpaired) electrons. The van der Waals surface area contributed by atoms with E-state index >= 15 is 0 Å². The summed E-state index contributed by atoms with van der Waals surface area (Å²) in [5, 5.41) is 7.70. The Balaban J connectivity index is 1.04. The first-order chi connectivity index (χ1) is 29.7. The van der Waals surface area contributed by atoms with E-state index in [1.807, 2.05) is 0 Å². The first-order valence-electron chi connectivity index (χ1n) is 20.7. The monoisotopic (exact) mass is 760 g/mol. The van der Waals surface area contributed by atoms with E-state index in [0.29, 0.717) is 0 Å². The molecule has 0 heterocycles. The summed E-state index contributed by atoms with van der Waals surface area (Å²) in [7, 11) is 0. The normalized spacial score (nSPS) is 11.3. The topological polar surface area (TPSA) is 0 Å². The molecule has 280 valence electrons. The van der Waals surface area contributed by atoms with Gasteiger partial charge in [-0.3, -0.25) is 0 Å². The molecule has 0 spiro atoms. The molecule has 0 N–H and O–H groups in total. The van der Waals surface area contributed by atoms with Crippen molar-refractivity contribution in [2.45, 2.75) is 0 Å². The molecule has 0 aromatic heterocycles. The van der Waals surface area contributed by atoms with Crippen LogP contribution in [-0.4, -0.2) is 0 Å². The van der Waals surface area contributed by atoms with Crippen LogP contribution in [0.1, 0.15) is 0 Å². The van der Waals surface area contributed by atoms with Crippen LogP contribution in [0.4, 0.5) is 0 Å². The van der Waals surface area contributed by atoms with Crippen molar-refractivity contribution in [1.82, 2.24) is 0 Å². The molecule has 0 fully saturated rings. The summed E-state index contributed by atoms with van der Waals surface area (Å²) in [4.78, 5) is 0. The molecule has 11 aromatic rings. The van der Waals surface area contributed by atoms with Gasteiger partial charge in [-0.05, 0) is 147 Å². The molecule has 11 aromatic carbocycles. The Hall–Kier alpha value is -7.80. The lowest BCUT2D eigenvalue weighted by Gasteiger charge is -2.15. The third-order valence-electron chi connectivity index (χ3n) is 12.1. The van der Waals surface area contributed by atoms with Crippen LogP contribution in [0.5, 0.6) is 0 Å². The average Bonchev–Trinajstić information content (AvgIpc) is 3.34. The Bertz CT molecular complexity index is 3140. The van der Waals surface area contributed by atoms with Crippen molar-refractivity contribution in [3.05, 3.63) is 243 Å². The predicted octanol–water partition coefficient (Wildman–Crippen LogP) is 16.8. The summed E-state index contributed by atoms with van der Waals surface area (Å²) < 4.78 is 0. The van der Waals surface area contributed by atoms with Gasteiger partial charge < -0.3 is 0 Å². The molecule has 0 saturated carbocycles. The maximum atomic E-state index is 2.41. The van der Waals surface area contributed by atoms with E-state index in [9.17, 15) is 0 Å². The minimum absolute atomic E-state index is 1.19. The van der Waals surface area contributed by atoms with Crippen LogP contribution < -0.4 is 0 Å². The van der Waals surface area contributed by atoms with Gasteiger partial charge in [0.1, 0.15) is 0 Å². The second-order valence-electron chi connectivity index (χ2n) is 15.7. The number of hydrogen-bond acceptors (Lipinski definition) is 0. The molecule has 0 aliphatic carbocycles. The molecule has 0 saturated heterocycles. The zero-order chi connectivity index (χ0) is 39.8. The Kier molecular flexibility index (Phi) is 8.95. The molecule has 0 aliphatic heterocycles. The van der Waals surface area contributed by atoms with Crippen LogP contribution in [0.15, 0.2) is 243 Å². The van der Waals surface area contributed by atoms with E-state index in [0.717, 1.165) is 0 Å². The molecular weight excluding hydrogens is 721 g/mol. The molecule has 0 heteroatoms. The highest BCUT2D eigenvalue weighted by molar-refractivity contribution is 6.25. The van der Waals surface area contributed by atoms with Crippen LogP contribution in [0.3, 0.4) is 0 Å². The fourth-order valence-corrected chi connectivity index (χ4v) is 8.94. The van der Waals surface area contributed by atoms with Crippen molar-refractivity contribution in [2.75, 3.05) is 0 Å². The summed E-state index contributed by atoms with van der Waals surface area (Å²) in [6.45, 7) is 0. The van der Waals surface area contributed by atoms with Gasteiger partial charge in [-0.1, -0.05) is 206 Å². The van der Waals surface area contributed by atoms with Gasteiger partial charge in [-0.2, -0.15) is 0 Å². The first kappa shape index (κ1) is 35.4. The molecule has 0 aliphatic rings. The molecule has 0 amide bonds.